The minimum atomic E-state index is -1.36. The van der Waals surface area contributed by atoms with Gasteiger partial charge in [0.25, 0.3) is 0 Å². The maximum absolute atomic E-state index is 13.5. The van der Waals surface area contributed by atoms with Crippen LogP contribution in [0.4, 0.5) is 4.79 Å². The third kappa shape index (κ3) is 3.51. The monoisotopic (exact) mass is 421 g/mol. The summed E-state index contributed by atoms with van der Waals surface area (Å²) in [6.45, 7) is 6.90. The van der Waals surface area contributed by atoms with E-state index in [1.54, 1.807) is 17.3 Å². The number of likely N-dealkylation sites (tertiary alicyclic amines) is 1. The molecule has 1 amide bonds. The summed E-state index contributed by atoms with van der Waals surface area (Å²) in [6.07, 6.45) is 4.60. The fraction of sp³-hybridized carbons (Fsp3) is 0.500. The van der Waals surface area contributed by atoms with Crippen molar-refractivity contribution in [3.63, 3.8) is 0 Å². The summed E-state index contributed by atoms with van der Waals surface area (Å²) in [5.74, 6) is 0. The first-order valence-corrected chi connectivity index (χ1v) is 10.9. The van der Waals surface area contributed by atoms with Crippen LogP contribution in [0.5, 0.6) is 0 Å². The number of benzene rings is 1. The predicted molar refractivity (Wildman–Crippen MR) is 110 cm³/mol. The van der Waals surface area contributed by atoms with Gasteiger partial charge in [0, 0.05) is 42.3 Å². The summed E-state index contributed by atoms with van der Waals surface area (Å²) in [5, 5.41) is 2.15. The number of pyridine rings is 1. The van der Waals surface area contributed by atoms with Crippen LogP contribution in [0.1, 0.15) is 33.6 Å². The number of rotatable bonds is 2. The highest BCUT2D eigenvalue weighted by Gasteiger charge is 2.47. The molecule has 28 heavy (non-hydrogen) atoms. The number of hydrogen-bond donors (Lipinski definition) is 0. The lowest BCUT2D eigenvalue weighted by Crippen LogP contribution is -2.42. The van der Waals surface area contributed by atoms with Crippen molar-refractivity contribution >= 4 is 39.5 Å². The molecule has 3 atom stereocenters. The summed E-state index contributed by atoms with van der Waals surface area (Å²) in [7, 11) is -1.36. The van der Waals surface area contributed by atoms with Gasteiger partial charge in [-0.3, -0.25) is 4.98 Å². The van der Waals surface area contributed by atoms with Gasteiger partial charge in [0.2, 0.25) is 0 Å². The SMILES string of the molecule is CC(C)(C)OC(=O)N1CC[C@H]2[C@@H]1CCN2S(=O)c1cccc2cncc(Cl)c12. The number of fused-ring (bicyclic) bond motifs is 2. The lowest BCUT2D eigenvalue weighted by molar-refractivity contribution is 0.0225. The van der Waals surface area contributed by atoms with Crippen molar-refractivity contribution in [3.05, 3.63) is 35.6 Å². The number of halogens is 1. The standard InChI is InChI=1S/C20H24ClN3O3S/c1-20(2,3)27-19(25)23-9-7-16-15(23)8-10-24(16)28(26)17-6-4-5-13-11-22-12-14(21)18(13)17/h4-6,11-12,15-16H,7-10H2,1-3H3/t15-,16-,28?/m0/s1. The number of amides is 1. The van der Waals surface area contributed by atoms with Crippen molar-refractivity contribution < 1.29 is 13.7 Å². The van der Waals surface area contributed by atoms with E-state index in [4.69, 9.17) is 16.3 Å². The Morgan fingerprint density at radius 2 is 1.96 bits per heavy atom. The van der Waals surface area contributed by atoms with Gasteiger partial charge >= 0.3 is 6.09 Å². The molecule has 0 saturated carbocycles. The average Bonchev–Trinajstić information content (AvgIpc) is 3.21. The number of carbonyl (C=O) groups excluding carboxylic acids is 1. The Kier molecular flexibility index (Phi) is 5.10. The van der Waals surface area contributed by atoms with E-state index in [1.165, 1.54) is 0 Å². The second-order valence-corrected chi connectivity index (χ2v) is 10.1. The molecule has 8 heteroatoms. The highest BCUT2D eigenvalue weighted by atomic mass is 35.5. The van der Waals surface area contributed by atoms with Crippen molar-refractivity contribution in [1.29, 1.82) is 0 Å². The van der Waals surface area contributed by atoms with Crippen LogP contribution >= 0.6 is 11.6 Å². The maximum atomic E-state index is 13.5. The van der Waals surface area contributed by atoms with E-state index in [0.717, 1.165) is 23.6 Å². The Bertz CT molecular complexity index is 941. The molecule has 1 unspecified atom stereocenters. The van der Waals surface area contributed by atoms with Crippen LogP contribution in [0.15, 0.2) is 35.5 Å². The molecule has 0 aliphatic carbocycles. The van der Waals surface area contributed by atoms with E-state index in [2.05, 4.69) is 4.98 Å². The molecule has 2 saturated heterocycles. The number of ether oxygens (including phenoxy) is 1. The van der Waals surface area contributed by atoms with Crippen molar-refractivity contribution in [3.8, 4) is 0 Å². The highest BCUT2D eigenvalue weighted by Crippen LogP contribution is 2.37. The zero-order valence-electron chi connectivity index (χ0n) is 16.2. The summed E-state index contributed by atoms with van der Waals surface area (Å²) in [5.41, 5.74) is -0.524. The van der Waals surface area contributed by atoms with Crippen LogP contribution in [0.3, 0.4) is 0 Å². The van der Waals surface area contributed by atoms with Gasteiger partial charge in [-0.15, -0.1) is 0 Å². The van der Waals surface area contributed by atoms with Gasteiger partial charge < -0.3 is 9.64 Å². The van der Waals surface area contributed by atoms with Gasteiger partial charge in [0.05, 0.1) is 16.0 Å². The second-order valence-electron chi connectivity index (χ2n) is 8.25. The third-order valence-electron chi connectivity index (χ3n) is 5.25. The molecule has 0 bridgehead atoms. The zero-order valence-corrected chi connectivity index (χ0v) is 17.8. The first kappa shape index (κ1) is 19.6. The Hall–Kier alpha value is -1.70. The molecule has 2 aliphatic heterocycles. The lowest BCUT2D eigenvalue weighted by atomic mass is 10.1. The van der Waals surface area contributed by atoms with Crippen molar-refractivity contribution in [1.82, 2.24) is 14.2 Å². The van der Waals surface area contributed by atoms with E-state index >= 15 is 0 Å². The number of carbonyl (C=O) groups is 1. The Labute approximate surface area is 172 Å². The molecule has 1 aromatic carbocycles. The van der Waals surface area contributed by atoms with Crippen LogP contribution in [-0.2, 0) is 15.7 Å². The summed E-state index contributed by atoms with van der Waals surface area (Å²) >= 11 is 6.37. The molecular weight excluding hydrogens is 398 g/mol. The van der Waals surface area contributed by atoms with Crippen LogP contribution in [0.25, 0.3) is 10.8 Å². The molecule has 0 N–H and O–H groups in total. The fourth-order valence-electron chi connectivity index (χ4n) is 4.13. The third-order valence-corrected chi connectivity index (χ3v) is 7.14. The van der Waals surface area contributed by atoms with E-state index in [0.29, 0.717) is 23.0 Å². The molecular formula is C20H24ClN3O3S. The van der Waals surface area contributed by atoms with Crippen molar-refractivity contribution in [2.24, 2.45) is 0 Å². The maximum Gasteiger partial charge on any atom is 0.410 e. The smallest absolute Gasteiger partial charge is 0.410 e. The van der Waals surface area contributed by atoms with Gasteiger partial charge in [0.1, 0.15) is 16.6 Å². The van der Waals surface area contributed by atoms with Crippen LogP contribution < -0.4 is 0 Å². The number of nitrogens with zero attached hydrogens (tertiary/aromatic N) is 3. The first-order valence-electron chi connectivity index (χ1n) is 9.46. The van der Waals surface area contributed by atoms with Crippen molar-refractivity contribution in [2.45, 2.75) is 56.2 Å². The van der Waals surface area contributed by atoms with Crippen LogP contribution in [-0.4, -0.2) is 55.3 Å². The molecule has 1 aromatic heterocycles. The zero-order chi connectivity index (χ0) is 20.1. The van der Waals surface area contributed by atoms with Crippen molar-refractivity contribution in [2.75, 3.05) is 13.1 Å². The summed E-state index contributed by atoms with van der Waals surface area (Å²) in [6, 6.07) is 5.75. The van der Waals surface area contributed by atoms with Gasteiger partial charge in [-0.2, -0.15) is 0 Å². The molecule has 0 spiro atoms. The minimum absolute atomic E-state index is 0.0333. The normalized spacial score (nSPS) is 23.8. The van der Waals surface area contributed by atoms with Gasteiger partial charge in [-0.25, -0.2) is 13.3 Å². The van der Waals surface area contributed by atoms with Crippen LogP contribution in [0, 0.1) is 0 Å². The minimum Gasteiger partial charge on any atom is -0.444 e. The van der Waals surface area contributed by atoms with Gasteiger partial charge in [-0.1, -0.05) is 23.7 Å². The van der Waals surface area contributed by atoms with Crippen LogP contribution in [0.2, 0.25) is 5.02 Å². The summed E-state index contributed by atoms with van der Waals surface area (Å²) in [4.78, 5) is 19.2. The number of hydrogen-bond acceptors (Lipinski definition) is 4. The fourth-order valence-corrected chi connectivity index (χ4v) is 6.07. The molecule has 2 aromatic rings. The average molecular weight is 422 g/mol. The van der Waals surface area contributed by atoms with E-state index in [1.807, 2.05) is 43.3 Å². The molecule has 4 rings (SSSR count). The van der Waals surface area contributed by atoms with E-state index < -0.39 is 16.6 Å². The summed E-state index contributed by atoms with van der Waals surface area (Å²) < 4.78 is 21.0. The predicted octanol–water partition coefficient (Wildman–Crippen LogP) is 3.99. The highest BCUT2D eigenvalue weighted by molar-refractivity contribution is 7.83. The Balaban J connectivity index is 1.58. The van der Waals surface area contributed by atoms with Gasteiger partial charge in [0.15, 0.2) is 0 Å². The molecule has 2 fully saturated rings. The van der Waals surface area contributed by atoms with E-state index in [-0.39, 0.29) is 18.2 Å². The quantitative estimate of drug-likeness (QED) is 0.735. The largest absolute Gasteiger partial charge is 0.444 e. The molecule has 6 nitrogen and oxygen atoms in total. The Morgan fingerprint density at radius 3 is 2.71 bits per heavy atom. The molecule has 3 heterocycles. The topological polar surface area (TPSA) is 62.7 Å². The molecule has 2 aliphatic rings. The van der Waals surface area contributed by atoms with Gasteiger partial charge in [-0.05, 0) is 39.7 Å². The lowest BCUT2D eigenvalue weighted by Gasteiger charge is -2.28. The second kappa shape index (κ2) is 7.28. The molecule has 150 valence electrons. The molecule has 0 radical (unpaired) electrons. The Morgan fingerprint density at radius 1 is 1.21 bits per heavy atom. The first-order chi connectivity index (χ1) is 13.3. The number of aromatic nitrogens is 1. The van der Waals surface area contributed by atoms with E-state index in [9.17, 15) is 9.00 Å².